The van der Waals surface area contributed by atoms with Crippen LogP contribution in [-0.2, 0) is 17.8 Å². The predicted octanol–water partition coefficient (Wildman–Crippen LogP) is 4.58. The molecule has 0 atom stereocenters. The van der Waals surface area contributed by atoms with Crippen LogP contribution >= 0.6 is 15.9 Å². The molecule has 1 aliphatic carbocycles. The zero-order valence-electron chi connectivity index (χ0n) is 10.9. The number of rotatable bonds is 1. The van der Waals surface area contributed by atoms with E-state index in [1.807, 2.05) is 18.2 Å². The summed E-state index contributed by atoms with van der Waals surface area (Å²) in [6, 6.07) is 14.6. The van der Waals surface area contributed by atoms with Crippen LogP contribution in [-0.4, -0.2) is 5.90 Å². The minimum absolute atomic E-state index is 0.585. The van der Waals surface area contributed by atoms with Crippen molar-refractivity contribution in [3.8, 4) is 0 Å². The normalized spacial score (nSPS) is 17.1. The van der Waals surface area contributed by atoms with E-state index in [1.165, 1.54) is 17.0 Å². The van der Waals surface area contributed by atoms with Gasteiger partial charge in [-0.05, 0) is 36.1 Å². The Labute approximate surface area is 126 Å². The average molecular weight is 327 g/mol. The van der Waals surface area contributed by atoms with Crippen LogP contribution in [0.4, 0.5) is 5.69 Å². The van der Waals surface area contributed by atoms with Gasteiger partial charge in [-0.2, -0.15) is 0 Å². The maximum Gasteiger partial charge on any atom is 0.201 e. The summed E-state index contributed by atoms with van der Waals surface area (Å²) in [5, 5.41) is 0. The fourth-order valence-corrected chi connectivity index (χ4v) is 3.35. The number of benzene rings is 2. The summed E-state index contributed by atoms with van der Waals surface area (Å²) in [5.41, 5.74) is 4.83. The standard InChI is InChI=1S/C17H13BrNO/c18-15-6-3-7-16-14(15)10-20-17(19-16)13-9-8-11-4-1-2-5-12(11)13/h1-7H,8-10H2. The summed E-state index contributed by atoms with van der Waals surface area (Å²) < 4.78 is 6.97. The van der Waals surface area contributed by atoms with Gasteiger partial charge in [-0.1, -0.05) is 46.3 Å². The molecule has 4 rings (SSSR count). The Morgan fingerprint density at radius 3 is 2.85 bits per heavy atom. The van der Waals surface area contributed by atoms with E-state index in [9.17, 15) is 0 Å². The third-order valence-electron chi connectivity index (χ3n) is 3.91. The van der Waals surface area contributed by atoms with Crippen LogP contribution < -0.4 is 0 Å². The second-order valence-corrected chi connectivity index (χ2v) is 5.93. The van der Waals surface area contributed by atoms with Gasteiger partial charge < -0.3 is 4.74 Å². The molecule has 0 spiro atoms. The SMILES string of the molecule is Brc1cccc2c1COC([C]1CCc3ccccc31)=N2. The molecule has 0 bridgehead atoms. The molecule has 0 saturated heterocycles. The van der Waals surface area contributed by atoms with E-state index in [2.05, 4.69) is 40.2 Å². The van der Waals surface area contributed by atoms with Crippen molar-refractivity contribution in [2.75, 3.05) is 0 Å². The van der Waals surface area contributed by atoms with Crippen molar-refractivity contribution in [1.29, 1.82) is 0 Å². The Hall–Kier alpha value is -1.61. The first-order valence-corrected chi connectivity index (χ1v) is 7.55. The van der Waals surface area contributed by atoms with Gasteiger partial charge in [0.15, 0.2) is 0 Å². The fraction of sp³-hybridized carbons (Fsp3) is 0.176. The Bertz CT molecular complexity index is 708. The largest absolute Gasteiger partial charge is 0.475 e. The van der Waals surface area contributed by atoms with Crippen molar-refractivity contribution in [1.82, 2.24) is 0 Å². The van der Waals surface area contributed by atoms with Gasteiger partial charge in [0.2, 0.25) is 5.90 Å². The molecule has 0 unspecified atom stereocenters. The molecule has 2 aromatic rings. The van der Waals surface area contributed by atoms with E-state index in [4.69, 9.17) is 9.73 Å². The molecule has 0 N–H and O–H groups in total. The van der Waals surface area contributed by atoms with Gasteiger partial charge >= 0.3 is 0 Å². The molecule has 0 saturated carbocycles. The van der Waals surface area contributed by atoms with E-state index >= 15 is 0 Å². The number of aliphatic imine (C=N–C) groups is 1. The van der Waals surface area contributed by atoms with E-state index in [1.54, 1.807) is 0 Å². The Kier molecular flexibility index (Phi) is 2.88. The molecule has 2 aromatic carbocycles. The molecule has 1 aliphatic heterocycles. The molecule has 0 aromatic heterocycles. The first-order chi connectivity index (χ1) is 9.83. The predicted molar refractivity (Wildman–Crippen MR) is 83.1 cm³/mol. The summed E-state index contributed by atoms with van der Waals surface area (Å²) in [5.74, 6) is 2.03. The number of nitrogens with zero attached hydrogens (tertiary/aromatic N) is 1. The van der Waals surface area contributed by atoms with Gasteiger partial charge in [0.05, 0.1) is 11.6 Å². The molecule has 2 nitrogen and oxygen atoms in total. The first kappa shape index (κ1) is 12.2. The topological polar surface area (TPSA) is 21.6 Å². The van der Waals surface area contributed by atoms with Gasteiger partial charge in [0.25, 0.3) is 0 Å². The van der Waals surface area contributed by atoms with Gasteiger partial charge in [-0.25, -0.2) is 4.99 Å². The Balaban J connectivity index is 1.75. The number of fused-ring (bicyclic) bond motifs is 2. The average Bonchev–Trinajstić information content (AvgIpc) is 2.91. The fourth-order valence-electron chi connectivity index (χ4n) is 2.88. The second-order valence-electron chi connectivity index (χ2n) is 5.08. The summed E-state index contributed by atoms with van der Waals surface area (Å²) in [6.07, 6.45) is 2.10. The van der Waals surface area contributed by atoms with Crippen LogP contribution in [0.25, 0.3) is 0 Å². The summed E-state index contributed by atoms with van der Waals surface area (Å²) in [6.45, 7) is 0.585. The third kappa shape index (κ3) is 1.88. The first-order valence-electron chi connectivity index (χ1n) is 6.76. The maximum atomic E-state index is 5.91. The number of halogens is 1. The third-order valence-corrected chi connectivity index (χ3v) is 4.66. The van der Waals surface area contributed by atoms with Crippen molar-refractivity contribution in [3.05, 3.63) is 69.5 Å². The lowest BCUT2D eigenvalue weighted by molar-refractivity contribution is 0.282. The zero-order valence-corrected chi connectivity index (χ0v) is 12.5. The van der Waals surface area contributed by atoms with E-state index in [0.29, 0.717) is 6.61 Å². The monoisotopic (exact) mass is 326 g/mol. The van der Waals surface area contributed by atoms with Gasteiger partial charge in [0, 0.05) is 10.0 Å². The summed E-state index contributed by atoms with van der Waals surface area (Å²) >= 11 is 3.56. The van der Waals surface area contributed by atoms with Crippen LogP contribution in [0.3, 0.4) is 0 Å². The molecular formula is C17H13BrNO. The van der Waals surface area contributed by atoms with E-state index in [0.717, 1.165) is 34.5 Å². The maximum absolute atomic E-state index is 5.91. The lowest BCUT2D eigenvalue weighted by atomic mass is 10.0. The van der Waals surface area contributed by atoms with Crippen LogP contribution in [0, 0.1) is 5.92 Å². The highest BCUT2D eigenvalue weighted by atomic mass is 79.9. The molecule has 99 valence electrons. The number of aryl methyl sites for hydroxylation is 1. The summed E-state index contributed by atoms with van der Waals surface area (Å²) in [7, 11) is 0. The number of hydrogen-bond donors (Lipinski definition) is 0. The minimum Gasteiger partial charge on any atom is -0.475 e. The van der Waals surface area contributed by atoms with Crippen molar-refractivity contribution in [2.24, 2.45) is 4.99 Å². The van der Waals surface area contributed by atoms with Crippen LogP contribution in [0.5, 0.6) is 0 Å². The molecular weight excluding hydrogens is 314 g/mol. The molecule has 0 amide bonds. The minimum atomic E-state index is 0.585. The quantitative estimate of drug-likeness (QED) is 0.751. The van der Waals surface area contributed by atoms with Gasteiger partial charge in [0.1, 0.15) is 6.61 Å². The van der Waals surface area contributed by atoms with E-state index < -0.39 is 0 Å². The zero-order chi connectivity index (χ0) is 13.5. The lowest BCUT2D eigenvalue weighted by Crippen LogP contribution is -2.18. The van der Waals surface area contributed by atoms with Crippen LogP contribution in [0.1, 0.15) is 23.1 Å². The highest BCUT2D eigenvalue weighted by Gasteiger charge is 2.30. The Morgan fingerprint density at radius 2 is 1.90 bits per heavy atom. The lowest BCUT2D eigenvalue weighted by Gasteiger charge is -2.21. The number of hydrogen-bond acceptors (Lipinski definition) is 2. The smallest absolute Gasteiger partial charge is 0.201 e. The van der Waals surface area contributed by atoms with Crippen molar-refractivity contribution < 1.29 is 4.74 Å². The molecule has 1 heterocycles. The van der Waals surface area contributed by atoms with Crippen LogP contribution in [0.2, 0.25) is 0 Å². The Morgan fingerprint density at radius 1 is 1.00 bits per heavy atom. The molecule has 0 fully saturated rings. The van der Waals surface area contributed by atoms with Gasteiger partial charge in [-0.3, -0.25) is 0 Å². The van der Waals surface area contributed by atoms with Gasteiger partial charge in [-0.15, -0.1) is 0 Å². The number of ether oxygens (including phenoxy) is 1. The van der Waals surface area contributed by atoms with Crippen LogP contribution in [0.15, 0.2) is 51.9 Å². The molecule has 20 heavy (non-hydrogen) atoms. The molecule has 3 heteroatoms. The van der Waals surface area contributed by atoms with Crippen molar-refractivity contribution >= 4 is 27.5 Å². The van der Waals surface area contributed by atoms with Crippen molar-refractivity contribution in [2.45, 2.75) is 19.4 Å². The second kappa shape index (κ2) is 4.74. The molecule has 2 aliphatic rings. The highest BCUT2D eigenvalue weighted by Crippen LogP contribution is 2.38. The molecule has 1 radical (unpaired) electrons. The van der Waals surface area contributed by atoms with E-state index in [-0.39, 0.29) is 0 Å². The van der Waals surface area contributed by atoms with Crippen molar-refractivity contribution in [3.63, 3.8) is 0 Å². The highest BCUT2D eigenvalue weighted by molar-refractivity contribution is 9.10. The summed E-state index contributed by atoms with van der Waals surface area (Å²) in [4.78, 5) is 4.71.